The van der Waals surface area contributed by atoms with Crippen LogP contribution in [0.2, 0.25) is 0 Å². The summed E-state index contributed by atoms with van der Waals surface area (Å²) in [6, 6.07) is 5.11. The van der Waals surface area contributed by atoms with Gasteiger partial charge in [-0.1, -0.05) is 6.07 Å². The number of rotatable bonds is 7. The Morgan fingerprint density at radius 2 is 2.32 bits per heavy atom. The largest absolute Gasteiger partial charge is 0.483 e. The highest BCUT2D eigenvalue weighted by Crippen LogP contribution is 2.34. The molecule has 1 aliphatic carbocycles. The van der Waals surface area contributed by atoms with E-state index in [4.69, 9.17) is 4.74 Å². The quantitative estimate of drug-likeness (QED) is 0.588. The molecule has 0 spiro atoms. The van der Waals surface area contributed by atoms with Crippen molar-refractivity contribution < 1.29 is 14.8 Å². The molecule has 0 aliphatic heterocycles. The molecule has 0 heterocycles. The Morgan fingerprint density at radius 3 is 2.95 bits per heavy atom. The Morgan fingerprint density at radius 1 is 1.58 bits per heavy atom. The van der Waals surface area contributed by atoms with Gasteiger partial charge in [-0.05, 0) is 34.8 Å². The van der Waals surface area contributed by atoms with Crippen molar-refractivity contribution in [2.75, 3.05) is 13.2 Å². The van der Waals surface area contributed by atoms with Gasteiger partial charge in [-0.15, -0.1) is 0 Å². The lowest BCUT2D eigenvalue weighted by atomic mass is 10.3. The summed E-state index contributed by atoms with van der Waals surface area (Å²) in [5.41, 5.74) is -0.114. The molecule has 2 rings (SSSR count). The fourth-order valence-corrected chi connectivity index (χ4v) is 2.08. The van der Waals surface area contributed by atoms with Gasteiger partial charge in [0.2, 0.25) is 5.75 Å². The van der Waals surface area contributed by atoms with Crippen LogP contribution >= 0.6 is 15.9 Å². The second-order valence-electron chi connectivity index (χ2n) is 4.49. The Labute approximate surface area is 119 Å². The van der Waals surface area contributed by atoms with Crippen LogP contribution in [-0.4, -0.2) is 35.3 Å². The molecule has 1 aromatic carbocycles. The van der Waals surface area contributed by atoms with E-state index in [0.717, 1.165) is 12.8 Å². The Kier molecular flexibility index (Phi) is 4.73. The van der Waals surface area contributed by atoms with Crippen LogP contribution in [0, 0.1) is 10.1 Å². The first kappa shape index (κ1) is 14.2. The summed E-state index contributed by atoms with van der Waals surface area (Å²) >= 11 is 3.21. The second-order valence-corrected chi connectivity index (χ2v) is 5.35. The van der Waals surface area contributed by atoms with Crippen molar-refractivity contribution in [2.24, 2.45) is 0 Å². The predicted octanol–water partition coefficient (Wildman–Crippen LogP) is 1.85. The van der Waals surface area contributed by atoms with Crippen LogP contribution < -0.4 is 10.1 Å². The maximum Gasteiger partial charge on any atom is 0.312 e. The normalized spacial score (nSPS) is 16.1. The van der Waals surface area contributed by atoms with E-state index in [1.807, 2.05) is 0 Å². The SMILES string of the molecule is O=[N+]([O-])c1cccc(Br)c1OCC(O)CNC1CC1. The predicted molar refractivity (Wildman–Crippen MR) is 73.3 cm³/mol. The van der Waals surface area contributed by atoms with Gasteiger partial charge in [0.15, 0.2) is 0 Å². The highest BCUT2D eigenvalue weighted by atomic mass is 79.9. The number of ether oxygens (including phenoxy) is 1. The number of hydrogen-bond acceptors (Lipinski definition) is 5. The molecule has 19 heavy (non-hydrogen) atoms. The highest BCUT2D eigenvalue weighted by molar-refractivity contribution is 9.10. The Bertz CT molecular complexity index is 465. The zero-order chi connectivity index (χ0) is 13.8. The van der Waals surface area contributed by atoms with Gasteiger partial charge in [0.25, 0.3) is 0 Å². The van der Waals surface area contributed by atoms with E-state index in [2.05, 4.69) is 21.2 Å². The summed E-state index contributed by atoms with van der Waals surface area (Å²) in [6.45, 7) is 0.450. The van der Waals surface area contributed by atoms with E-state index in [9.17, 15) is 15.2 Å². The number of aliphatic hydroxyl groups is 1. The van der Waals surface area contributed by atoms with Crippen LogP contribution in [0.4, 0.5) is 5.69 Å². The van der Waals surface area contributed by atoms with Crippen molar-refractivity contribution in [3.63, 3.8) is 0 Å². The third-order valence-electron chi connectivity index (χ3n) is 2.78. The van der Waals surface area contributed by atoms with E-state index in [1.165, 1.54) is 6.07 Å². The lowest BCUT2D eigenvalue weighted by Crippen LogP contribution is -2.32. The highest BCUT2D eigenvalue weighted by Gasteiger charge is 2.22. The molecule has 104 valence electrons. The van der Waals surface area contributed by atoms with Crippen LogP contribution in [0.5, 0.6) is 5.75 Å². The first-order valence-electron chi connectivity index (χ1n) is 6.05. The van der Waals surface area contributed by atoms with Crippen molar-refractivity contribution in [3.8, 4) is 5.75 Å². The molecule has 0 aromatic heterocycles. The Balaban J connectivity index is 1.92. The molecule has 1 atom stereocenters. The van der Waals surface area contributed by atoms with Gasteiger partial charge in [-0.25, -0.2) is 0 Å². The molecule has 0 saturated heterocycles. The second kappa shape index (κ2) is 6.31. The van der Waals surface area contributed by atoms with Gasteiger partial charge in [-0.3, -0.25) is 10.1 Å². The fraction of sp³-hybridized carbons (Fsp3) is 0.500. The first-order chi connectivity index (χ1) is 9.08. The fourth-order valence-electron chi connectivity index (χ4n) is 1.61. The molecule has 0 radical (unpaired) electrons. The lowest BCUT2D eigenvalue weighted by Gasteiger charge is -2.13. The number of para-hydroxylation sites is 1. The van der Waals surface area contributed by atoms with E-state index in [1.54, 1.807) is 12.1 Å². The smallest absolute Gasteiger partial charge is 0.312 e. The van der Waals surface area contributed by atoms with E-state index in [-0.39, 0.29) is 18.0 Å². The maximum atomic E-state index is 10.9. The van der Waals surface area contributed by atoms with Gasteiger partial charge in [0.05, 0.1) is 9.40 Å². The van der Waals surface area contributed by atoms with Gasteiger partial charge in [0, 0.05) is 18.7 Å². The number of aliphatic hydroxyl groups excluding tert-OH is 1. The summed E-state index contributed by atoms with van der Waals surface area (Å²) < 4.78 is 5.87. The van der Waals surface area contributed by atoms with E-state index < -0.39 is 11.0 Å². The van der Waals surface area contributed by atoms with E-state index in [0.29, 0.717) is 17.1 Å². The molecule has 7 heteroatoms. The van der Waals surface area contributed by atoms with Crippen LogP contribution in [0.3, 0.4) is 0 Å². The molecule has 2 N–H and O–H groups in total. The maximum absolute atomic E-state index is 10.9. The van der Waals surface area contributed by atoms with Crippen molar-refractivity contribution >= 4 is 21.6 Å². The molecule has 1 aliphatic rings. The zero-order valence-electron chi connectivity index (χ0n) is 10.2. The van der Waals surface area contributed by atoms with Gasteiger partial charge >= 0.3 is 5.69 Å². The number of nitrogens with zero attached hydrogens (tertiary/aromatic N) is 1. The van der Waals surface area contributed by atoms with Crippen LogP contribution in [0.25, 0.3) is 0 Å². The summed E-state index contributed by atoms with van der Waals surface area (Å²) in [5.74, 6) is 0.151. The standard InChI is InChI=1S/C12H15BrN2O4/c13-10-2-1-3-11(15(17)18)12(10)19-7-9(16)6-14-8-4-5-8/h1-3,8-9,14,16H,4-7H2. The van der Waals surface area contributed by atoms with Crippen LogP contribution in [0.15, 0.2) is 22.7 Å². The van der Waals surface area contributed by atoms with E-state index >= 15 is 0 Å². The molecule has 0 bridgehead atoms. The number of nitro benzene ring substituents is 1. The van der Waals surface area contributed by atoms with Crippen molar-refractivity contribution in [1.29, 1.82) is 0 Å². The van der Waals surface area contributed by atoms with Crippen molar-refractivity contribution in [2.45, 2.75) is 25.0 Å². The minimum Gasteiger partial charge on any atom is -0.483 e. The van der Waals surface area contributed by atoms with Crippen LogP contribution in [-0.2, 0) is 0 Å². The topological polar surface area (TPSA) is 84.6 Å². The van der Waals surface area contributed by atoms with Gasteiger partial charge in [0.1, 0.15) is 12.7 Å². The molecule has 6 nitrogen and oxygen atoms in total. The minimum atomic E-state index is -0.688. The molecule has 1 aromatic rings. The lowest BCUT2D eigenvalue weighted by molar-refractivity contribution is -0.386. The average molecular weight is 331 g/mol. The monoisotopic (exact) mass is 330 g/mol. The number of hydrogen-bond donors (Lipinski definition) is 2. The first-order valence-corrected chi connectivity index (χ1v) is 6.84. The average Bonchev–Trinajstić information content (AvgIpc) is 3.18. The minimum absolute atomic E-state index is 0.0170. The molecular weight excluding hydrogens is 316 g/mol. The molecule has 1 fully saturated rings. The van der Waals surface area contributed by atoms with Gasteiger partial charge in [-0.2, -0.15) is 0 Å². The summed E-state index contributed by atoms with van der Waals surface area (Å²) in [4.78, 5) is 10.4. The third kappa shape index (κ3) is 4.15. The van der Waals surface area contributed by atoms with Crippen LogP contribution in [0.1, 0.15) is 12.8 Å². The number of nitro groups is 1. The molecule has 1 saturated carbocycles. The number of benzene rings is 1. The number of nitrogens with one attached hydrogen (secondary N) is 1. The Hall–Kier alpha value is -1.18. The van der Waals surface area contributed by atoms with Crippen molar-refractivity contribution in [3.05, 3.63) is 32.8 Å². The summed E-state index contributed by atoms with van der Waals surface area (Å²) in [6.07, 6.45) is 1.60. The summed E-state index contributed by atoms with van der Waals surface area (Å²) in [5, 5.41) is 23.8. The molecule has 1 unspecified atom stereocenters. The molecule has 0 amide bonds. The summed E-state index contributed by atoms with van der Waals surface area (Å²) in [7, 11) is 0. The third-order valence-corrected chi connectivity index (χ3v) is 3.41. The zero-order valence-corrected chi connectivity index (χ0v) is 11.8. The van der Waals surface area contributed by atoms with Crippen molar-refractivity contribution in [1.82, 2.24) is 5.32 Å². The van der Waals surface area contributed by atoms with Gasteiger partial charge < -0.3 is 15.2 Å². The molecular formula is C12H15BrN2O4. The number of halogens is 1.